The van der Waals surface area contributed by atoms with Gasteiger partial charge in [0.25, 0.3) is 5.91 Å². The van der Waals surface area contributed by atoms with Crippen molar-refractivity contribution in [1.82, 2.24) is 5.32 Å². The van der Waals surface area contributed by atoms with Crippen molar-refractivity contribution in [3.63, 3.8) is 0 Å². The van der Waals surface area contributed by atoms with Crippen LogP contribution in [0.25, 0.3) is 0 Å². The Morgan fingerprint density at radius 2 is 1.82 bits per heavy atom. The minimum absolute atomic E-state index is 0.238. The summed E-state index contributed by atoms with van der Waals surface area (Å²) in [5, 5.41) is 5.99. The summed E-state index contributed by atoms with van der Waals surface area (Å²) in [6, 6.07) is 12.6. The topological polar surface area (TPSA) is 97.0 Å². The van der Waals surface area contributed by atoms with Crippen LogP contribution >= 0.6 is 0 Å². The van der Waals surface area contributed by atoms with E-state index in [0.717, 1.165) is 30.4 Å². The standard InChI is InChI=1S/C26H31N3O5/c1-5-17-16-19(8-11-21(17)26(12-13-26)28-23(31)34-25(2,3)4)27-22(30)18-6-9-20(10-7-18)29-14-15-33-24(29)32/h6-11,16H,5,12-15H2,1-4H3,(H,27,30)(H,28,31). The Bertz CT molecular complexity index is 1100. The minimum atomic E-state index is -0.558. The van der Waals surface area contributed by atoms with Gasteiger partial charge < -0.3 is 20.1 Å². The molecule has 2 N–H and O–H groups in total. The van der Waals surface area contributed by atoms with Gasteiger partial charge in [0.05, 0.1) is 12.1 Å². The third-order valence-corrected chi connectivity index (χ3v) is 5.95. The molecule has 2 aromatic rings. The number of rotatable bonds is 6. The lowest BCUT2D eigenvalue weighted by Crippen LogP contribution is -2.39. The summed E-state index contributed by atoms with van der Waals surface area (Å²) in [4.78, 5) is 38.4. The van der Waals surface area contributed by atoms with Gasteiger partial charge in [-0.15, -0.1) is 0 Å². The van der Waals surface area contributed by atoms with E-state index in [1.807, 2.05) is 39.0 Å². The Balaban J connectivity index is 1.45. The van der Waals surface area contributed by atoms with Crippen molar-refractivity contribution < 1.29 is 23.9 Å². The lowest BCUT2D eigenvalue weighted by atomic mass is 9.96. The molecule has 34 heavy (non-hydrogen) atoms. The van der Waals surface area contributed by atoms with Crippen LogP contribution in [0, 0.1) is 0 Å². The average molecular weight is 466 g/mol. The molecule has 1 heterocycles. The molecule has 8 heteroatoms. The molecule has 1 aliphatic heterocycles. The highest BCUT2D eigenvalue weighted by molar-refractivity contribution is 6.04. The van der Waals surface area contributed by atoms with Crippen LogP contribution in [0.4, 0.5) is 21.0 Å². The third-order valence-electron chi connectivity index (χ3n) is 5.95. The highest BCUT2D eigenvalue weighted by atomic mass is 16.6. The third kappa shape index (κ3) is 5.16. The number of anilines is 2. The van der Waals surface area contributed by atoms with Crippen molar-refractivity contribution in [3.8, 4) is 0 Å². The minimum Gasteiger partial charge on any atom is -0.447 e. The summed E-state index contributed by atoms with van der Waals surface area (Å²) in [7, 11) is 0. The second-order valence-corrected chi connectivity index (χ2v) is 9.70. The van der Waals surface area contributed by atoms with Crippen molar-refractivity contribution in [2.45, 2.75) is 58.1 Å². The average Bonchev–Trinajstić information content (AvgIpc) is 3.42. The number of ether oxygens (including phenoxy) is 2. The maximum Gasteiger partial charge on any atom is 0.414 e. The monoisotopic (exact) mass is 465 g/mol. The van der Waals surface area contributed by atoms with E-state index < -0.39 is 17.2 Å². The van der Waals surface area contributed by atoms with Crippen molar-refractivity contribution in [2.75, 3.05) is 23.4 Å². The first kappa shape index (κ1) is 23.6. The van der Waals surface area contributed by atoms with Crippen molar-refractivity contribution in [3.05, 3.63) is 59.2 Å². The van der Waals surface area contributed by atoms with Crippen LogP contribution in [0.15, 0.2) is 42.5 Å². The molecule has 1 aliphatic carbocycles. The number of aryl methyl sites for hydroxylation is 1. The number of benzene rings is 2. The molecule has 180 valence electrons. The van der Waals surface area contributed by atoms with Gasteiger partial charge in [-0.3, -0.25) is 9.69 Å². The molecule has 0 unspecified atom stereocenters. The number of hydrogen-bond acceptors (Lipinski definition) is 5. The van der Waals surface area contributed by atoms with Crippen LogP contribution in [0.2, 0.25) is 0 Å². The number of carbonyl (C=O) groups is 3. The van der Waals surface area contributed by atoms with Crippen LogP contribution in [-0.4, -0.2) is 36.8 Å². The lowest BCUT2D eigenvalue weighted by molar-refractivity contribution is 0.0494. The number of nitrogens with one attached hydrogen (secondary N) is 2. The van der Waals surface area contributed by atoms with E-state index in [1.165, 1.54) is 4.90 Å². The maximum atomic E-state index is 12.8. The normalized spacial score (nSPS) is 16.6. The van der Waals surface area contributed by atoms with E-state index in [0.29, 0.717) is 30.1 Å². The van der Waals surface area contributed by atoms with Gasteiger partial charge in [-0.25, -0.2) is 9.59 Å². The molecule has 2 aliphatic rings. The second-order valence-electron chi connectivity index (χ2n) is 9.70. The molecule has 2 fully saturated rings. The Hall–Kier alpha value is -3.55. The summed E-state index contributed by atoms with van der Waals surface area (Å²) in [5.41, 5.74) is 3.02. The molecule has 0 atom stereocenters. The first-order chi connectivity index (χ1) is 16.1. The van der Waals surface area contributed by atoms with Crippen LogP contribution < -0.4 is 15.5 Å². The van der Waals surface area contributed by atoms with Crippen molar-refractivity contribution >= 4 is 29.5 Å². The van der Waals surface area contributed by atoms with E-state index in [9.17, 15) is 14.4 Å². The summed E-state index contributed by atoms with van der Waals surface area (Å²) < 4.78 is 10.4. The Morgan fingerprint density at radius 1 is 1.12 bits per heavy atom. The van der Waals surface area contributed by atoms with Gasteiger partial charge >= 0.3 is 12.2 Å². The first-order valence-electron chi connectivity index (χ1n) is 11.6. The fraction of sp³-hybridized carbons (Fsp3) is 0.423. The molecule has 1 saturated carbocycles. The highest BCUT2D eigenvalue weighted by Crippen LogP contribution is 2.47. The molecular formula is C26H31N3O5. The summed E-state index contributed by atoms with van der Waals surface area (Å²) in [6.07, 6.45) is 1.66. The van der Waals surface area contributed by atoms with Gasteiger partial charge in [-0.05, 0) is 87.6 Å². The van der Waals surface area contributed by atoms with E-state index in [1.54, 1.807) is 24.3 Å². The number of cyclic esters (lactones) is 1. The Kier molecular flexibility index (Phi) is 6.25. The second kappa shape index (κ2) is 9.00. The largest absolute Gasteiger partial charge is 0.447 e. The van der Waals surface area contributed by atoms with E-state index in [4.69, 9.17) is 9.47 Å². The van der Waals surface area contributed by atoms with Crippen molar-refractivity contribution in [1.29, 1.82) is 0 Å². The Morgan fingerprint density at radius 3 is 2.38 bits per heavy atom. The molecule has 4 rings (SSSR count). The zero-order valence-corrected chi connectivity index (χ0v) is 20.1. The molecule has 1 saturated heterocycles. The summed E-state index contributed by atoms with van der Waals surface area (Å²) in [6.45, 7) is 8.45. The first-order valence-corrected chi connectivity index (χ1v) is 11.6. The molecular weight excluding hydrogens is 434 g/mol. The predicted molar refractivity (Wildman–Crippen MR) is 129 cm³/mol. The van der Waals surface area contributed by atoms with Crippen LogP contribution in [0.5, 0.6) is 0 Å². The molecule has 0 aromatic heterocycles. The fourth-order valence-corrected chi connectivity index (χ4v) is 4.14. The number of amides is 3. The maximum absolute atomic E-state index is 12.8. The molecule has 0 bridgehead atoms. The van der Waals surface area contributed by atoms with Gasteiger partial charge in [0.1, 0.15) is 12.2 Å². The number of alkyl carbamates (subject to hydrolysis) is 1. The molecule has 0 spiro atoms. The van der Waals surface area contributed by atoms with Gasteiger partial charge in [-0.2, -0.15) is 0 Å². The highest BCUT2D eigenvalue weighted by Gasteiger charge is 2.47. The van der Waals surface area contributed by atoms with Gasteiger partial charge in [0, 0.05) is 16.9 Å². The van der Waals surface area contributed by atoms with Gasteiger partial charge in [0.15, 0.2) is 0 Å². The van der Waals surface area contributed by atoms with Crippen LogP contribution in [0.1, 0.15) is 62.0 Å². The number of hydrogen-bond donors (Lipinski definition) is 2. The Labute approximate surface area is 199 Å². The molecule has 2 aromatic carbocycles. The number of nitrogens with zero attached hydrogens (tertiary/aromatic N) is 1. The fourth-order valence-electron chi connectivity index (χ4n) is 4.14. The van der Waals surface area contributed by atoms with Crippen LogP contribution in [-0.2, 0) is 21.4 Å². The zero-order valence-electron chi connectivity index (χ0n) is 20.1. The van der Waals surface area contributed by atoms with Crippen LogP contribution in [0.3, 0.4) is 0 Å². The van der Waals surface area contributed by atoms with E-state index in [-0.39, 0.29) is 12.0 Å². The lowest BCUT2D eigenvalue weighted by Gasteiger charge is -2.25. The molecule has 3 amide bonds. The van der Waals surface area contributed by atoms with E-state index >= 15 is 0 Å². The summed E-state index contributed by atoms with van der Waals surface area (Å²) >= 11 is 0. The number of carbonyl (C=O) groups excluding carboxylic acids is 3. The van der Waals surface area contributed by atoms with Gasteiger partial charge in [0.2, 0.25) is 0 Å². The smallest absolute Gasteiger partial charge is 0.414 e. The zero-order chi connectivity index (χ0) is 24.5. The summed E-state index contributed by atoms with van der Waals surface area (Å²) in [5.74, 6) is -0.238. The quantitative estimate of drug-likeness (QED) is 0.628. The molecule has 8 nitrogen and oxygen atoms in total. The van der Waals surface area contributed by atoms with Gasteiger partial charge in [-0.1, -0.05) is 13.0 Å². The van der Waals surface area contributed by atoms with Crippen molar-refractivity contribution in [2.24, 2.45) is 0 Å². The predicted octanol–water partition coefficient (Wildman–Crippen LogP) is 4.97. The van der Waals surface area contributed by atoms with E-state index in [2.05, 4.69) is 17.6 Å². The SMILES string of the molecule is CCc1cc(NC(=O)c2ccc(N3CCOC3=O)cc2)ccc1C1(NC(=O)OC(C)(C)C)CC1. The molecule has 0 radical (unpaired) electrons.